The number of hydrogen-bond acceptors (Lipinski definition) is 1. The summed E-state index contributed by atoms with van der Waals surface area (Å²) in [5.74, 6) is -9.35. The van der Waals surface area contributed by atoms with E-state index in [-0.39, 0.29) is 23.6 Å². The third-order valence-electron chi connectivity index (χ3n) is 8.68. The highest BCUT2D eigenvalue weighted by Gasteiger charge is 2.41. The first-order valence-electron chi connectivity index (χ1n) is 14.2. The van der Waals surface area contributed by atoms with Crippen LogP contribution in [0.4, 0.5) is 43.9 Å². The number of hydrogen-bond donors (Lipinski definition) is 0. The van der Waals surface area contributed by atoms with Crippen LogP contribution in [0.15, 0.2) is 30.3 Å². The fourth-order valence-electron chi connectivity index (χ4n) is 6.62. The Bertz CT molecular complexity index is 1250. The normalized spacial score (nSPS) is 24.1. The maximum absolute atomic E-state index is 15.1. The second-order valence-corrected chi connectivity index (χ2v) is 11.4. The van der Waals surface area contributed by atoms with Crippen LogP contribution < -0.4 is 4.74 Å². The third-order valence-corrected chi connectivity index (χ3v) is 8.68. The van der Waals surface area contributed by atoms with E-state index in [9.17, 15) is 39.5 Å². The maximum atomic E-state index is 15.1. The van der Waals surface area contributed by atoms with Crippen LogP contribution in [0.2, 0.25) is 0 Å². The van der Waals surface area contributed by atoms with Crippen LogP contribution in [-0.2, 0) is 6.11 Å². The topological polar surface area (TPSA) is 9.23 Å². The SMILES string of the molecule is CCCC1CCC(C2CCC(c3ccc(C(F)(F)Oc4cc(F)c(/C(F)=C/C(F)(F)F)c(F)c4)c(F)c3F)CC2)CC1. The molecule has 0 bridgehead atoms. The molecule has 0 N–H and O–H groups in total. The Hall–Kier alpha value is -2.72. The Morgan fingerprint density at radius 3 is 1.88 bits per heavy atom. The Kier molecular flexibility index (Phi) is 9.87. The number of halogens is 10. The summed E-state index contributed by atoms with van der Waals surface area (Å²) < 4.78 is 143. The smallest absolute Gasteiger partial charge is 0.429 e. The van der Waals surface area contributed by atoms with E-state index in [4.69, 9.17) is 0 Å². The molecule has 2 aromatic rings. The number of allylic oxidation sites excluding steroid dienone is 1. The van der Waals surface area contributed by atoms with Gasteiger partial charge in [-0.05, 0) is 73.8 Å². The van der Waals surface area contributed by atoms with Gasteiger partial charge in [0.2, 0.25) is 0 Å². The molecule has 2 saturated carbocycles. The van der Waals surface area contributed by atoms with Crippen molar-refractivity contribution in [3.8, 4) is 5.75 Å². The molecular formula is C31H32F10O. The maximum Gasteiger partial charge on any atom is 0.429 e. The van der Waals surface area contributed by atoms with Gasteiger partial charge in [0, 0.05) is 12.1 Å². The Morgan fingerprint density at radius 1 is 0.810 bits per heavy atom. The molecule has 0 atom stereocenters. The number of benzene rings is 2. The molecule has 2 fully saturated rings. The van der Waals surface area contributed by atoms with Gasteiger partial charge in [0.1, 0.15) is 28.8 Å². The van der Waals surface area contributed by atoms with Crippen LogP contribution in [0, 0.1) is 41.0 Å². The molecule has 1 nitrogen and oxygen atoms in total. The van der Waals surface area contributed by atoms with Crippen molar-refractivity contribution in [3.05, 3.63) is 70.3 Å². The number of rotatable bonds is 8. The van der Waals surface area contributed by atoms with Crippen molar-refractivity contribution in [2.24, 2.45) is 17.8 Å². The van der Waals surface area contributed by atoms with Gasteiger partial charge in [-0.3, -0.25) is 0 Å². The summed E-state index contributed by atoms with van der Waals surface area (Å²) in [5, 5.41) is 0. The molecule has 232 valence electrons. The van der Waals surface area contributed by atoms with E-state index >= 15 is 4.39 Å². The average Bonchev–Trinajstić information content (AvgIpc) is 2.89. The van der Waals surface area contributed by atoms with E-state index in [1.165, 1.54) is 38.5 Å². The van der Waals surface area contributed by atoms with Gasteiger partial charge in [0.15, 0.2) is 11.6 Å². The van der Waals surface area contributed by atoms with E-state index in [1.807, 2.05) is 0 Å². The fraction of sp³-hybridized carbons (Fsp3) is 0.548. The summed E-state index contributed by atoms with van der Waals surface area (Å²) >= 11 is 0. The molecule has 2 aliphatic rings. The van der Waals surface area contributed by atoms with Crippen LogP contribution in [0.5, 0.6) is 5.75 Å². The predicted octanol–water partition coefficient (Wildman–Crippen LogP) is 11.1. The molecular weight excluding hydrogens is 578 g/mol. The first-order chi connectivity index (χ1) is 19.7. The van der Waals surface area contributed by atoms with Crippen molar-refractivity contribution in [3.63, 3.8) is 0 Å². The van der Waals surface area contributed by atoms with Crippen LogP contribution >= 0.6 is 0 Å². The molecule has 42 heavy (non-hydrogen) atoms. The summed E-state index contributed by atoms with van der Waals surface area (Å²) in [5.41, 5.74) is -3.32. The van der Waals surface area contributed by atoms with Crippen molar-refractivity contribution in [1.82, 2.24) is 0 Å². The molecule has 0 amide bonds. The monoisotopic (exact) mass is 610 g/mol. The van der Waals surface area contributed by atoms with Crippen molar-refractivity contribution in [2.45, 2.75) is 89.3 Å². The van der Waals surface area contributed by atoms with Gasteiger partial charge in [-0.2, -0.15) is 22.0 Å². The zero-order valence-electron chi connectivity index (χ0n) is 23.0. The minimum Gasteiger partial charge on any atom is -0.429 e. The lowest BCUT2D eigenvalue weighted by Crippen LogP contribution is -2.26. The van der Waals surface area contributed by atoms with Crippen molar-refractivity contribution >= 4 is 5.83 Å². The zero-order chi connectivity index (χ0) is 30.8. The van der Waals surface area contributed by atoms with Crippen molar-refractivity contribution in [1.29, 1.82) is 0 Å². The molecule has 0 heterocycles. The van der Waals surface area contributed by atoms with Gasteiger partial charge in [0.05, 0.1) is 11.6 Å². The Morgan fingerprint density at radius 2 is 1.36 bits per heavy atom. The number of alkyl halides is 5. The van der Waals surface area contributed by atoms with Crippen LogP contribution in [0.3, 0.4) is 0 Å². The largest absolute Gasteiger partial charge is 0.429 e. The molecule has 2 aliphatic carbocycles. The molecule has 0 spiro atoms. The Balaban J connectivity index is 1.44. The molecule has 11 heteroatoms. The molecule has 2 aromatic carbocycles. The minimum absolute atomic E-state index is 0.0213. The highest BCUT2D eigenvalue weighted by molar-refractivity contribution is 5.61. The second kappa shape index (κ2) is 12.9. The minimum atomic E-state index is -5.24. The first-order valence-corrected chi connectivity index (χ1v) is 14.2. The lowest BCUT2D eigenvalue weighted by Gasteiger charge is -2.38. The molecule has 0 saturated heterocycles. The molecule has 0 aromatic heterocycles. The molecule has 4 rings (SSSR count). The van der Waals surface area contributed by atoms with E-state index < -0.39 is 64.3 Å². The summed E-state index contributed by atoms with van der Waals surface area (Å²) in [6.07, 6.45) is -0.840. The van der Waals surface area contributed by atoms with E-state index in [0.717, 1.165) is 24.8 Å². The number of ether oxygens (including phenoxy) is 1. The second-order valence-electron chi connectivity index (χ2n) is 11.4. The van der Waals surface area contributed by atoms with E-state index in [1.54, 1.807) is 0 Å². The van der Waals surface area contributed by atoms with Crippen LogP contribution in [0.1, 0.15) is 93.7 Å². The van der Waals surface area contributed by atoms with Gasteiger partial charge in [-0.1, -0.05) is 38.7 Å². The standard InChI is InChI=1S/C31H32F10O/c1-2-3-17-4-6-18(7-5-17)19-8-10-20(11-9-19)22-12-13-23(29(36)28(22)35)31(40,41)42-21-14-24(32)27(25(33)15-21)26(34)16-30(37,38)39/h12-20H,2-11H2,1H3/b26-16-. The summed E-state index contributed by atoms with van der Waals surface area (Å²) in [4.78, 5) is 0. The summed E-state index contributed by atoms with van der Waals surface area (Å²) in [6, 6.07) is 1.73. The van der Waals surface area contributed by atoms with Crippen LogP contribution in [0.25, 0.3) is 5.83 Å². The first kappa shape index (κ1) is 32.2. The Labute approximate surface area is 237 Å². The highest BCUT2D eigenvalue weighted by Crippen LogP contribution is 2.46. The van der Waals surface area contributed by atoms with Crippen molar-refractivity contribution < 1.29 is 48.6 Å². The van der Waals surface area contributed by atoms with Gasteiger partial charge in [-0.25, -0.2) is 22.0 Å². The summed E-state index contributed by atoms with van der Waals surface area (Å²) in [7, 11) is 0. The van der Waals surface area contributed by atoms with Crippen molar-refractivity contribution in [2.75, 3.05) is 0 Å². The van der Waals surface area contributed by atoms with Gasteiger partial charge in [-0.15, -0.1) is 0 Å². The van der Waals surface area contributed by atoms with E-state index in [0.29, 0.717) is 30.7 Å². The molecule has 0 unspecified atom stereocenters. The quantitative estimate of drug-likeness (QED) is 0.270. The zero-order valence-corrected chi connectivity index (χ0v) is 23.0. The van der Waals surface area contributed by atoms with Gasteiger partial charge < -0.3 is 4.74 Å². The average molecular weight is 611 g/mol. The van der Waals surface area contributed by atoms with E-state index in [2.05, 4.69) is 11.7 Å². The lowest BCUT2D eigenvalue weighted by molar-refractivity contribution is -0.187. The summed E-state index contributed by atoms with van der Waals surface area (Å²) in [6.45, 7) is 2.19. The van der Waals surface area contributed by atoms with Gasteiger partial charge in [0.25, 0.3) is 0 Å². The fourth-order valence-corrected chi connectivity index (χ4v) is 6.62. The predicted molar refractivity (Wildman–Crippen MR) is 137 cm³/mol. The third kappa shape index (κ3) is 7.43. The van der Waals surface area contributed by atoms with Crippen LogP contribution in [-0.4, -0.2) is 6.18 Å². The molecule has 0 aliphatic heterocycles. The lowest BCUT2D eigenvalue weighted by atomic mass is 9.68. The van der Waals surface area contributed by atoms with Gasteiger partial charge >= 0.3 is 12.3 Å². The highest BCUT2D eigenvalue weighted by atomic mass is 19.4. The molecule has 0 radical (unpaired) electrons.